The molecule has 0 aromatic carbocycles. The lowest BCUT2D eigenvalue weighted by molar-refractivity contribution is -0.125. The van der Waals surface area contributed by atoms with Gasteiger partial charge in [0.25, 0.3) is 0 Å². The van der Waals surface area contributed by atoms with Crippen molar-refractivity contribution in [2.24, 2.45) is 104 Å². The number of aromatic nitrogens is 21. The average molecular weight is 2000 g/mol. The highest BCUT2D eigenvalue weighted by atomic mass is 16.3. The molecular weight excluding hydrogens is 1800 g/mol. The van der Waals surface area contributed by atoms with E-state index in [-0.39, 0.29) is 82.3 Å². The van der Waals surface area contributed by atoms with E-state index in [1.807, 2.05) is 198 Å². The summed E-state index contributed by atoms with van der Waals surface area (Å²) in [5.74, 6) is 14.4. The number of primary amides is 2. The molecule has 8 aromatic heterocycles. The molecule has 0 radical (unpaired) electrons. The molecule has 0 saturated heterocycles. The first-order chi connectivity index (χ1) is 65.2. The topological polar surface area (TPSA) is 586 Å². The van der Waals surface area contributed by atoms with Crippen molar-refractivity contribution < 1.29 is 29.1 Å². The van der Waals surface area contributed by atoms with E-state index in [0.717, 1.165) is 64.7 Å². The van der Waals surface area contributed by atoms with Gasteiger partial charge in [0, 0.05) is 156 Å². The fourth-order valence-electron chi connectivity index (χ4n) is 7.33. The molecule has 0 saturated carbocycles. The quantitative estimate of drug-likeness (QED) is 0.0161. The first-order valence-electron chi connectivity index (χ1n) is 50.4. The number of ketones is 1. The van der Waals surface area contributed by atoms with Crippen molar-refractivity contribution in [3.63, 3.8) is 0 Å². The molecule has 4 amide bonds. The largest absolute Gasteiger partial charge is 0.512 e. The van der Waals surface area contributed by atoms with E-state index in [4.69, 9.17) is 28.0 Å². The number of nitrogens with zero attached hydrogens (tertiary/aromatic N) is 15. The third-order valence-corrected chi connectivity index (χ3v) is 16.0. The van der Waals surface area contributed by atoms with E-state index in [2.05, 4.69) is 266 Å². The minimum Gasteiger partial charge on any atom is -0.512 e. The molecule has 820 valence electrons. The number of rotatable bonds is 23. The Labute approximate surface area is 857 Å². The smallest absolute Gasteiger partial charge is 0.247 e. The summed E-state index contributed by atoms with van der Waals surface area (Å²) < 4.78 is 0. The van der Waals surface area contributed by atoms with Gasteiger partial charge in [0.05, 0.1) is 29.3 Å². The SMILES string of the molecule is CC(C)/C=C(\O)C(C)C.CC(C)C.CC(C)C.CC(C)C(N)=O.CC(C)C(N)=O.CC(C)CC(=O)C(C)C.CC(C)N=C(N)C(C)C.CC(C)N=C(N)C(C)C.CC(C)NC(=O)C(C)C.CC(C)NC(=O)C(C)C.CC(C)c1cn[nH]n1.CC(C)c1cnc(C(C)C)[nH]1.CC(C)c1cnc(C(C)C)[nH]1.CC(C)c1nn[nH]n1.CC(C)c1nn[nH]n1.CC(C)c1nn[nH]n1.O=c1cccc[nH]1.O=c1cccc[nH]1. The van der Waals surface area contributed by atoms with Gasteiger partial charge in [-0.3, -0.25) is 43.5 Å². The monoisotopic (exact) mass is 2000 g/mol. The molecule has 0 spiro atoms. The van der Waals surface area contributed by atoms with Crippen LogP contribution in [0, 0.1) is 71.0 Å². The van der Waals surface area contributed by atoms with Crippen LogP contribution in [0.3, 0.4) is 0 Å². The van der Waals surface area contributed by atoms with Crippen LogP contribution in [0.15, 0.2) is 98.8 Å². The second-order valence-corrected chi connectivity index (χ2v) is 41.4. The van der Waals surface area contributed by atoms with Crippen LogP contribution >= 0.6 is 0 Å². The number of hydrogen-bond donors (Lipinski definition) is 15. The summed E-state index contributed by atoms with van der Waals surface area (Å²) in [4.78, 5) is 101. The standard InChI is InChI=1S/2C9H16N2.2C8H16O.2C7H16N2.2C7H15NO.C5H9N3.2C5H5NO.3C4H8N4.2C4H9NO.2C4H10/c2*1-6(2)8-5-10-9(11-8)7(3)4;2*1-6(2)5-8(9)7(3)4;2*1-5(2)7(8)9-6(3)4;2*1-5(2)7(9)8-6(3)4;1-4(2)5-3-6-8-7-5;2*7-5-3-1-2-4-6-5;3*1-3(2)4-5-7-8-6-4;2*1-3(2)4(5)6;2*1-4(2)3/h2*5-7H,1-4H3,(H,10,11);6-7H,5H2,1-4H3;5-7,9H,1-4H3;2*5-6H,1-4H3,(H2,8,9);2*5-6H,1-4H3,(H,8,9);3-4H,1-2H3,(H,6,7,8);2*1-4H,(H,6,7);3*3H,1-2H3,(H,5,6,7,8);2*3H,1-2H3,(H2,5,6);2*4H,1-3H3/b;;;8-5-;;;;;;;;;;;;;;. The summed E-state index contributed by atoms with van der Waals surface area (Å²) in [6.07, 6.45) is 11.4. The van der Waals surface area contributed by atoms with E-state index in [1.165, 1.54) is 23.5 Å². The zero-order valence-electron chi connectivity index (χ0n) is 97.8. The van der Waals surface area contributed by atoms with Gasteiger partial charge >= 0.3 is 0 Å². The highest BCUT2D eigenvalue weighted by molar-refractivity contribution is 5.83. The number of amides is 4. The van der Waals surface area contributed by atoms with Crippen LogP contribution in [0.5, 0.6) is 0 Å². The van der Waals surface area contributed by atoms with E-state index in [9.17, 15) is 33.6 Å². The number of nitrogens with one attached hydrogen (secondary N) is 10. The van der Waals surface area contributed by atoms with Gasteiger partial charge in [0.1, 0.15) is 17.4 Å². The van der Waals surface area contributed by atoms with E-state index < -0.39 is 0 Å². The van der Waals surface area contributed by atoms with Crippen molar-refractivity contribution in [1.29, 1.82) is 0 Å². The Hall–Kier alpha value is -11.3. The van der Waals surface area contributed by atoms with Gasteiger partial charge in [-0.2, -0.15) is 31.1 Å². The van der Waals surface area contributed by atoms with Crippen molar-refractivity contribution in [2.45, 2.75) is 424 Å². The number of aromatic amines is 8. The number of Topliss-reactive ketones (excluding diaryl/α,β-unsaturated/α-hetero) is 1. The molecule has 0 aliphatic rings. The summed E-state index contributed by atoms with van der Waals surface area (Å²) in [6, 6.07) is 11.0. The Morgan fingerprint density at radius 2 is 0.662 bits per heavy atom. The van der Waals surface area contributed by atoms with E-state index in [0.29, 0.717) is 94.6 Å². The van der Waals surface area contributed by atoms with Crippen molar-refractivity contribution in [3.8, 4) is 0 Å². The molecule has 8 heterocycles. The van der Waals surface area contributed by atoms with Gasteiger partial charge in [-0.1, -0.05) is 319 Å². The third-order valence-electron chi connectivity index (χ3n) is 16.0. The number of carbonyl (C=O) groups excluding carboxylic acids is 5. The molecule has 0 bridgehead atoms. The number of allylic oxidation sites excluding steroid dienone is 2. The molecule has 37 heteroatoms. The fourth-order valence-corrected chi connectivity index (χ4v) is 7.33. The maximum atomic E-state index is 11.0. The minimum absolute atomic E-state index is 0.00926. The molecule has 0 aliphatic carbocycles. The number of aliphatic imine (C=N–C) groups is 2. The molecule has 142 heavy (non-hydrogen) atoms. The Bertz CT molecular complexity index is 3900. The fraction of sp³-hybridized carbons (Fsp3) is 0.714. The Morgan fingerprint density at radius 1 is 0.366 bits per heavy atom. The van der Waals surface area contributed by atoms with Crippen LogP contribution in [-0.2, 0) is 24.0 Å². The summed E-state index contributed by atoms with van der Waals surface area (Å²) in [7, 11) is 0. The Balaban J connectivity index is -0.000000163. The number of H-pyrrole nitrogens is 8. The molecule has 0 unspecified atom stereocenters. The highest BCUT2D eigenvalue weighted by Crippen LogP contribution is 2.18. The van der Waals surface area contributed by atoms with Crippen LogP contribution < -0.4 is 44.7 Å². The lowest BCUT2D eigenvalue weighted by Crippen LogP contribution is -2.33. The lowest BCUT2D eigenvalue weighted by atomic mass is 9.99. The van der Waals surface area contributed by atoms with Crippen LogP contribution in [0.4, 0.5) is 0 Å². The minimum atomic E-state index is -0.241. The van der Waals surface area contributed by atoms with Gasteiger partial charge in [-0.25, -0.2) is 9.97 Å². The van der Waals surface area contributed by atoms with Gasteiger partial charge in [0.2, 0.25) is 34.7 Å². The van der Waals surface area contributed by atoms with Crippen LogP contribution in [-0.4, -0.2) is 178 Å². The number of aliphatic hydroxyl groups is 1. The highest BCUT2D eigenvalue weighted by Gasteiger charge is 2.13. The zero-order chi connectivity index (χ0) is 113. The first-order valence-corrected chi connectivity index (χ1v) is 50.4. The van der Waals surface area contributed by atoms with Gasteiger partial charge in [-0.15, -0.1) is 30.6 Å². The number of hydrogen-bond acceptors (Lipinski definition) is 23. The predicted octanol–water partition coefficient (Wildman–Crippen LogP) is 21.7. The molecular formula is C105H207N29O8. The summed E-state index contributed by atoms with van der Waals surface area (Å²) in [6.45, 7) is 101. The number of nitrogens with two attached hydrogens (primary N) is 4. The Kier molecular flexibility index (Phi) is 97.9. The molecule has 8 aromatic rings. The molecule has 37 nitrogen and oxygen atoms in total. The summed E-state index contributed by atoms with van der Waals surface area (Å²) >= 11 is 0. The molecule has 0 atom stereocenters. The summed E-state index contributed by atoms with van der Waals surface area (Å²) in [5.41, 5.74) is 24.1. The third kappa shape index (κ3) is 109. The van der Waals surface area contributed by atoms with E-state index >= 15 is 0 Å². The van der Waals surface area contributed by atoms with Gasteiger partial charge in [0.15, 0.2) is 17.5 Å². The van der Waals surface area contributed by atoms with E-state index in [1.54, 1.807) is 70.6 Å². The summed E-state index contributed by atoms with van der Waals surface area (Å²) in [5, 5.41) is 64.8. The molecule has 0 aliphatic heterocycles. The Morgan fingerprint density at radius 3 is 0.754 bits per heavy atom. The van der Waals surface area contributed by atoms with Crippen molar-refractivity contribution in [2.75, 3.05) is 0 Å². The number of aliphatic hydroxyl groups excluding tert-OH is 1. The lowest BCUT2D eigenvalue weighted by Gasteiger charge is -2.09. The molecule has 8 rings (SSSR count). The van der Waals surface area contributed by atoms with Crippen molar-refractivity contribution in [1.82, 2.24) is 118 Å². The maximum Gasteiger partial charge on any atom is 0.247 e. The van der Waals surface area contributed by atoms with Crippen LogP contribution in [0.2, 0.25) is 0 Å². The van der Waals surface area contributed by atoms with Crippen LogP contribution in [0.25, 0.3) is 0 Å². The van der Waals surface area contributed by atoms with Crippen molar-refractivity contribution in [3.05, 3.63) is 146 Å². The zero-order valence-corrected chi connectivity index (χ0v) is 97.8. The van der Waals surface area contributed by atoms with Crippen molar-refractivity contribution >= 4 is 41.1 Å². The maximum absolute atomic E-state index is 11.0. The first kappa shape index (κ1) is 151. The second-order valence-electron chi connectivity index (χ2n) is 41.4. The number of pyridine rings is 2. The van der Waals surface area contributed by atoms with Gasteiger partial charge in [-0.05, 0) is 115 Å². The normalized spacial score (nSPS) is 10.8. The molecule has 19 N–H and O–H groups in total. The predicted molar refractivity (Wildman–Crippen MR) is 591 cm³/mol. The number of tetrazole rings is 3. The van der Waals surface area contributed by atoms with Crippen LogP contribution in [0.1, 0.15) is 446 Å². The number of amidine groups is 2. The average Bonchev–Trinajstić information content (AvgIpc) is 1.75. The number of imidazole rings is 2. The number of carbonyl (C=O) groups is 5. The second kappa shape index (κ2) is 92.1. The van der Waals surface area contributed by atoms with Gasteiger partial charge < -0.3 is 58.6 Å². The molecule has 0 fully saturated rings.